The molecule has 87 heavy (non-hydrogen) atoms. The number of nitrogens with zero attached hydrogens (tertiary/aromatic N) is 1. The van der Waals surface area contributed by atoms with Gasteiger partial charge in [0.1, 0.15) is 52.6 Å². The van der Waals surface area contributed by atoms with Crippen LogP contribution in [0.5, 0.6) is 5.75 Å². The second kappa shape index (κ2) is 30.4. The number of carbonyl (C=O) groups is 8. The maximum absolute atomic E-state index is 15.1. The maximum atomic E-state index is 15.1. The average molecular weight is 1310 g/mol. The number of hydrogen-bond donors (Lipinski definition) is 8. The van der Waals surface area contributed by atoms with Gasteiger partial charge in [0.2, 0.25) is 17.7 Å². The number of fused-ring (bicyclic) bond motifs is 5. The zero-order chi connectivity index (χ0) is 64.9. The van der Waals surface area contributed by atoms with E-state index in [1.165, 1.54) is 33.1 Å². The number of esters is 1. The first-order valence-corrected chi connectivity index (χ1v) is 29.6. The van der Waals surface area contributed by atoms with E-state index in [0.29, 0.717) is 37.2 Å². The SMILES string of the molecule is C=C(CBr)C(=O)OC(C)(C)CCC[C@@H](C=O)N[C@H](C(=O)N[C@@H](CCCNC(N)=O)C(=O)Nc1ccc(NC(=O)O[C@H]2CC(=O)N(C)c3cc(cc(OC)c3Cl)C/C(C)=C/C=C/[C@@H](OC)[C@@]3(O)C[C@H](OC(=O)N3)[C@@H](C)[C@@H]3O[C@@]23C)cc1C(F)(F)F)C(C)C. The Hall–Kier alpha value is -6.78. The number of ether oxygens (including phenoxy) is 6. The van der Waals surface area contributed by atoms with Crippen LogP contribution in [0.2, 0.25) is 5.02 Å². The Morgan fingerprint density at radius 1 is 1.07 bits per heavy atom. The summed E-state index contributed by atoms with van der Waals surface area (Å²) in [5.74, 6) is -4.12. The van der Waals surface area contributed by atoms with Crippen molar-refractivity contribution in [1.29, 1.82) is 0 Å². The topological polar surface area (TPSA) is 317 Å². The van der Waals surface area contributed by atoms with Crippen LogP contribution in [0.1, 0.15) is 105 Å². The first-order chi connectivity index (χ1) is 40.7. The van der Waals surface area contributed by atoms with Gasteiger partial charge in [-0.15, -0.1) is 0 Å². The number of benzene rings is 2. The number of primary amides is 1. The van der Waals surface area contributed by atoms with Crippen LogP contribution in [0, 0.1) is 11.8 Å². The van der Waals surface area contributed by atoms with Crippen LogP contribution in [0.4, 0.5) is 44.6 Å². The number of nitrogens with two attached hydrogens (primary N) is 1. The molecule has 28 heteroatoms. The summed E-state index contributed by atoms with van der Waals surface area (Å²) in [6, 6.07) is 1.40. The molecule has 2 saturated heterocycles. The van der Waals surface area contributed by atoms with Gasteiger partial charge in [-0.05, 0) is 108 Å². The zero-order valence-corrected chi connectivity index (χ0v) is 52.6. The molecule has 9 N–H and O–H groups in total. The summed E-state index contributed by atoms with van der Waals surface area (Å²) in [6.07, 6.45) is -6.14. The molecule has 2 aromatic rings. The van der Waals surface area contributed by atoms with Crippen molar-refractivity contribution < 1.29 is 85.1 Å². The molecule has 0 saturated carbocycles. The number of aliphatic hydroxyl groups is 1. The molecule has 3 aliphatic heterocycles. The molecule has 0 spiro atoms. The van der Waals surface area contributed by atoms with E-state index in [9.17, 15) is 43.5 Å². The molecule has 4 bridgehead atoms. The van der Waals surface area contributed by atoms with E-state index in [1.54, 1.807) is 65.0 Å². The highest BCUT2D eigenvalue weighted by Gasteiger charge is 2.64. The fraction of sp³-hybridized carbons (Fsp3) is 0.559. The molecular formula is C59H79BrClF3N8O15. The number of urea groups is 1. The third-order valence-electron chi connectivity index (χ3n) is 15.3. The van der Waals surface area contributed by atoms with Crippen LogP contribution in [0.15, 0.2) is 66.3 Å². The lowest BCUT2D eigenvalue weighted by atomic mass is 9.83. The number of alkyl carbamates (subject to hydrolysis) is 1. The first-order valence-electron chi connectivity index (χ1n) is 28.1. The standard InChI is InChI=1S/C59H79BrClF3N8O15/c1-31(2)48(67-37(30-73)16-13-21-56(6,7)87-52(77)33(4)29-60)51(76)70-40(17-14-22-66-53(65)78)50(75)69-39-20-19-36(26-38(39)59(62,63)64)68-54(79)85-45-27-46(74)72(9)41-24-35(25-42(82-10)47(41)61)23-32(3)15-12-18-44(83-11)58(81)28-43(84-55(80)71-58)34(5)49-57(45,8)86-49/h12,15,18-20,24-26,30-31,34,37,40,43-45,48-49,67,81H,4,13-14,16-17,21-23,27-29H2,1-3,5-11H3,(H,68,79)(H,69,75)(H,70,76)(H,71,80)(H3,65,66,78)/b18-12+,32-15+/t34-,37+,40+,43+,44-,45+,48+,49+,57+,58+/m1/s1. The van der Waals surface area contributed by atoms with Crippen LogP contribution in [-0.2, 0) is 60.3 Å². The number of rotatable bonds is 23. The number of alkyl halides is 4. The minimum absolute atomic E-state index is 0.0137. The highest BCUT2D eigenvalue weighted by atomic mass is 79.9. The van der Waals surface area contributed by atoms with Gasteiger partial charge in [-0.2, -0.15) is 13.2 Å². The van der Waals surface area contributed by atoms with Crippen molar-refractivity contribution in [2.24, 2.45) is 17.6 Å². The number of methoxy groups -OCH3 is 2. The van der Waals surface area contributed by atoms with Gasteiger partial charge in [-0.3, -0.25) is 30.3 Å². The number of halogens is 5. The number of nitrogens with one attached hydrogen (secondary N) is 6. The number of carbonyl (C=O) groups excluding carboxylic acids is 8. The highest BCUT2D eigenvalue weighted by molar-refractivity contribution is 9.09. The fourth-order valence-electron chi connectivity index (χ4n) is 10.3. The van der Waals surface area contributed by atoms with Gasteiger partial charge in [-0.25, -0.2) is 19.2 Å². The monoisotopic (exact) mass is 1310 g/mol. The lowest BCUT2D eigenvalue weighted by molar-refractivity contribution is -0.152. The highest BCUT2D eigenvalue weighted by Crippen LogP contribution is 2.49. The molecule has 3 heterocycles. The minimum atomic E-state index is -5.18. The summed E-state index contributed by atoms with van der Waals surface area (Å²) in [6.45, 7) is 15.4. The van der Waals surface area contributed by atoms with E-state index >= 15 is 13.2 Å². The Kier molecular flexibility index (Phi) is 24.8. The number of amides is 7. The normalized spacial score (nSPS) is 24.4. The molecule has 0 unspecified atom stereocenters. The fourth-order valence-corrected chi connectivity index (χ4v) is 10.8. The minimum Gasteiger partial charge on any atom is -0.495 e. The summed E-state index contributed by atoms with van der Waals surface area (Å²) < 4.78 is 79.7. The van der Waals surface area contributed by atoms with Crippen molar-refractivity contribution in [3.8, 4) is 5.75 Å². The van der Waals surface area contributed by atoms with Gasteiger partial charge in [-0.1, -0.05) is 78.7 Å². The molecule has 7 amide bonds. The zero-order valence-electron chi connectivity index (χ0n) is 50.2. The van der Waals surface area contributed by atoms with Crippen LogP contribution < -0.4 is 47.3 Å². The van der Waals surface area contributed by atoms with Gasteiger partial charge < -0.3 is 64.9 Å². The van der Waals surface area contributed by atoms with E-state index in [4.69, 9.17) is 45.8 Å². The average Bonchev–Trinajstić information content (AvgIpc) is 1.61. The largest absolute Gasteiger partial charge is 0.495 e. The van der Waals surface area contributed by atoms with E-state index in [-0.39, 0.29) is 59.6 Å². The number of hydrogen-bond acceptors (Lipinski definition) is 16. The maximum Gasteiger partial charge on any atom is 0.418 e. The van der Waals surface area contributed by atoms with Crippen LogP contribution in [-0.4, -0.2) is 146 Å². The van der Waals surface area contributed by atoms with Crippen molar-refractivity contribution >= 4 is 92.8 Å². The van der Waals surface area contributed by atoms with Crippen molar-refractivity contribution in [1.82, 2.24) is 21.3 Å². The van der Waals surface area contributed by atoms with Crippen LogP contribution >= 0.6 is 27.5 Å². The lowest BCUT2D eigenvalue weighted by Gasteiger charge is -2.42. The number of anilines is 3. The van der Waals surface area contributed by atoms with Crippen LogP contribution in [0.25, 0.3) is 0 Å². The third kappa shape index (κ3) is 19.4. The molecule has 0 aromatic heterocycles. The smallest absolute Gasteiger partial charge is 0.418 e. The van der Waals surface area contributed by atoms with E-state index in [2.05, 4.69) is 54.4 Å². The summed E-state index contributed by atoms with van der Waals surface area (Å²) in [4.78, 5) is 107. The number of aldehydes is 1. The molecule has 23 nitrogen and oxygen atoms in total. The molecule has 480 valence electrons. The Balaban J connectivity index is 1.40. The second-order valence-corrected chi connectivity index (χ2v) is 23.9. The molecule has 5 rings (SSSR count). The summed E-state index contributed by atoms with van der Waals surface area (Å²) in [7, 11) is 4.20. The van der Waals surface area contributed by atoms with Gasteiger partial charge >= 0.3 is 30.4 Å². The lowest BCUT2D eigenvalue weighted by Crippen LogP contribution is -2.63. The molecular weight excluding hydrogens is 1230 g/mol. The Bertz CT molecular complexity index is 2950. The Morgan fingerprint density at radius 2 is 1.77 bits per heavy atom. The molecule has 10 atom stereocenters. The quantitative estimate of drug-likeness (QED) is 0.00997. The molecule has 0 aliphatic carbocycles. The van der Waals surface area contributed by atoms with E-state index in [1.807, 2.05) is 6.92 Å². The second-order valence-electron chi connectivity index (χ2n) is 23.0. The summed E-state index contributed by atoms with van der Waals surface area (Å²) >= 11 is 9.96. The van der Waals surface area contributed by atoms with Crippen molar-refractivity contribution in [2.45, 2.75) is 165 Å². The van der Waals surface area contributed by atoms with Crippen LogP contribution in [0.3, 0.4) is 0 Å². The Labute approximate surface area is 516 Å². The van der Waals surface area contributed by atoms with E-state index in [0.717, 1.165) is 17.7 Å². The number of epoxide rings is 1. The predicted molar refractivity (Wildman–Crippen MR) is 320 cm³/mol. The summed E-state index contributed by atoms with van der Waals surface area (Å²) in [5.41, 5.74) is 0.0376. The van der Waals surface area contributed by atoms with Crippen molar-refractivity contribution in [2.75, 3.05) is 48.7 Å². The van der Waals surface area contributed by atoms with Crippen molar-refractivity contribution in [3.63, 3.8) is 0 Å². The molecule has 3 aliphatic rings. The van der Waals surface area contributed by atoms with Gasteiger partial charge in [0.05, 0.1) is 48.7 Å². The number of allylic oxidation sites excluding steroid dienone is 3. The first kappa shape index (κ1) is 71.0. The predicted octanol–water partition coefficient (Wildman–Crippen LogP) is 7.89. The van der Waals surface area contributed by atoms with Gasteiger partial charge in [0, 0.05) is 49.6 Å². The molecule has 2 fully saturated rings. The molecule has 0 radical (unpaired) electrons. The molecule has 2 aromatic carbocycles. The Morgan fingerprint density at radius 3 is 2.39 bits per heavy atom. The van der Waals surface area contributed by atoms with E-state index < -0.39 is 143 Å². The third-order valence-corrected chi connectivity index (χ3v) is 16.3. The van der Waals surface area contributed by atoms with Crippen molar-refractivity contribution in [3.05, 3.63) is 82.4 Å². The summed E-state index contributed by atoms with van der Waals surface area (Å²) in [5, 5.41) is 27.1. The van der Waals surface area contributed by atoms with Gasteiger partial charge in [0.15, 0.2) is 5.72 Å². The van der Waals surface area contributed by atoms with Gasteiger partial charge in [0.25, 0.3) is 0 Å².